The second-order valence-electron chi connectivity index (χ2n) is 6.99. The average molecular weight is 424 g/mol. The van der Waals surface area contributed by atoms with E-state index in [0.29, 0.717) is 5.02 Å². The van der Waals surface area contributed by atoms with E-state index in [-0.39, 0.29) is 0 Å². The largest absolute Gasteiger partial charge is 0.457 e. The number of hydrogen-bond donors (Lipinski definition) is 1. The van der Waals surface area contributed by atoms with E-state index in [9.17, 15) is 0 Å². The van der Waals surface area contributed by atoms with E-state index in [1.165, 1.54) is 0 Å². The summed E-state index contributed by atoms with van der Waals surface area (Å²) < 4.78 is 5.92. The first kappa shape index (κ1) is 19.1. The van der Waals surface area contributed by atoms with Crippen LogP contribution in [0.15, 0.2) is 103 Å². The molecule has 31 heavy (non-hydrogen) atoms. The minimum Gasteiger partial charge on any atom is -0.457 e. The van der Waals surface area contributed by atoms with Gasteiger partial charge in [-0.15, -0.1) is 0 Å². The standard InChI is InChI=1S/C26H18ClN3O/c27-21-10-6-20(7-11-21)26-29-24(25(30-26)19-14-16-28-17-15-19)18-8-12-23(13-9-18)31-22-4-2-1-3-5-22/h1-17H,(H,29,30). The van der Waals surface area contributed by atoms with Crippen LogP contribution in [-0.4, -0.2) is 15.0 Å². The molecule has 0 amide bonds. The fourth-order valence-electron chi connectivity index (χ4n) is 3.36. The van der Waals surface area contributed by atoms with Gasteiger partial charge in [-0.05, 0) is 72.8 Å². The molecule has 5 heteroatoms. The van der Waals surface area contributed by atoms with Crippen LogP contribution in [0.1, 0.15) is 0 Å². The number of nitrogens with zero attached hydrogens (tertiary/aromatic N) is 2. The van der Waals surface area contributed by atoms with E-state index in [0.717, 1.165) is 45.4 Å². The SMILES string of the molecule is Clc1ccc(-c2nc(-c3ccc(Oc4ccccc4)cc3)c(-c3ccncc3)[nH]2)cc1. The molecule has 5 rings (SSSR count). The highest BCUT2D eigenvalue weighted by molar-refractivity contribution is 6.30. The molecular formula is C26H18ClN3O. The van der Waals surface area contributed by atoms with Crippen molar-refractivity contribution in [2.75, 3.05) is 0 Å². The lowest BCUT2D eigenvalue weighted by Crippen LogP contribution is -1.86. The summed E-state index contributed by atoms with van der Waals surface area (Å²) in [4.78, 5) is 12.5. The van der Waals surface area contributed by atoms with Gasteiger partial charge >= 0.3 is 0 Å². The highest BCUT2D eigenvalue weighted by Crippen LogP contribution is 2.34. The molecule has 0 saturated carbocycles. The van der Waals surface area contributed by atoms with Gasteiger partial charge in [0.15, 0.2) is 0 Å². The van der Waals surface area contributed by atoms with Crippen LogP contribution in [0.25, 0.3) is 33.9 Å². The summed E-state index contributed by atoms with van der Waals surface area (Å²) >= 11 is 6.05. The Labute approximate surface area is 185 Å². The Hall–Kier alpha value is -3.89. The predicted octanol–water partition coefficient (Wildman–Crippen LogP) is 7.25. The Morgan fingerprint density at radius 2 is 1.29 bits per heavy atom. The Kier molecular flexibility index (Phi) is 5.21. The number of aromatic amines is 1. The lowest BCUT2D eigenvalue weighted by Gasteiger charge is -2.07. The maximum atomic E-state index is 6.05. The van der Waals surface area contributed by atoms with Crippen molar-refractivity contribution in [1.82, 2.24) is 15.0 Å². The molecule has 2 heterocycles. The number of benzene rings is 3. The first-order valence-electron chi connectivity index (χ1n) is 9.86. The lowest BCUT2D eigenvalue weighted by atomic mass is 10.1. The van der Waals surface area contributed by atoms with E-state index in [1.807, 2.05) is 91.0 Å². The van der Waals surface area contributed by atoms with E-state index in [2.05, 4.69) is 9.97 Å². The van der Waals surface area contributed by atoms with Gasteiger partial charge in [-0.3, -0.25) is 4.98 Å². The molecule has 0 saturated heterocycles. The number of pyridine rings is 1. The summed E-state index contributed by atoms with van der Waals surface area (Å²) in [5, 5.41) is 0.693. The van der Waals surface area contributed by atoms with Crippen LogP contribution < -0.4 is 4.74 Å². The van der Waals surface area contributed by atoms with Gasteiger partial charge in [0, 0.05) is 34.1 Å². The molecule has 5 aromatic rings. The molecule has 0 unspecified atom stereocenters. The Morgan fingerprint density at radius 3 is 2.00 bits per heavy atom. The van der Waals surface area contributed by atoms with E-state index < -0.39 is 0 Å². The Morgan fingerprint density at radius 1 is 0.645 bits per heavy atom. The maximum absolute atomic E-state index is 6.05. The number of hydrogen-bond acceptors (Lipinski definition) is 3. The second-order valence-corrected chi connectivity index (χ2v) is 7.43. The van der Waals surface area contributed by atoms with Gasteiger partial charge in [0.05, 0.1) is 11.4 Å². The Balaban J connectivity index is 1.53. The van der Waals surface area contributed by atoms with Crippen LogP contribution in [0.4, 0.5) is 0 Å². The fourth-order valence-corrected chi connectivity index (χ4v) is 3.49. The number of rotatable bonds is 5. The van der Waals surface area contributed by atoms with Crippen LogP contribution in [0.3, 0.4) is 0 Å². The molecular weight excluding hydrogens is 406 g/mol. The van der Waals surface area contributed by atoms with E-state index >= 15 is 0 Å². The van der Waals surface area contributed by atoms with Crippen LogP contribution in [0, 0.1) is 0 Å². The number of para-hydroxylation sites is 1. The number of aromatic nitrogens is 3. The van der Waals surface area contributed by atoms with Crippen LogP contribution in [-0.2, 0) is 0 Å². The van der Waals surface area contributed by atoms with Crippen molar-refractivity contribution in [3.8, 4) is 45.4 Å². The molecule has 0 radical (unpaired) electrons. The van der Waals surface area contributed by atoms with Crippen molar-refractivity contribution in [1.29, 1.82) is 0 Å². The molecule has 3 aromatic carbocycles. The third-order valence-corrected chi connectivity index (χ3v) is 5.15. The highest BCUT2D eigenvalue weighted by Gasteiger charge is 2.15. The summed E-state index contributed by atoms with van der Waals surface area (Å²) in [6.45, 7) is 0. The van der Waals surface area contributed by atoms with E-state index in [4.69, 9.17) is 21.3 Å². The topological polar surface area (TPSA) is 50.8 Å². The molecule has 150 valence electrons. The molecule has 4 nitrogen and oxygen atoms in total. The van der Waals surface area contributed by atoms with Crippen molar-refractivity contribution < 1.29 is 4.74 Å². The normalized spacial score (nSPS) is 10.7. The summed E-state index contributed by atoms with van der Waals surface area (Å²) in [5.41, 5.74) is 4.77. The molecule has 0 atom stereocenters. The quantitative estimate of drug-likeness (QED) is 0.324. The Bertz CT molecular complexity index is 1280. The molecule has 1 N–H and O–H groups in total. The second kappa shape index (κ2) is 8.46. The molecule has 0 bridgehead atoms. The van der Waals surface area contributed by atoms with Gasteiger partial charge in [-0.25, -0.2) is 4.98 Å². The number of ether oxygens (including phenoxy) is 1. The predicted molar refractivity (Wildman–Crippen MR) is 124 cm³/mol. The summed E-state index contributed by atoms with van der Waals surface area (Å²) in [6, 6.07) is 29.2. The first-order chi connectivity index (χ1) is 15.3. The summed E-state index contributed by atoms with van der Waals surface area (Å²) in [6.07, 6.45) is 3.55. The van der Waals surface area contributed by atoms with Crippen LogP contribution >= 0.6 is 11.6 Å². The van der Waals surface area contributed by atoms with Crippen molar-refractivity contribution in [3.63, 3.8) is 0 Å². The number of imidazole rings is 1. The molecule has 0 aliphatic carbocycles. The third kappa shape index (κ3) is 4.20. The zero-order chi connectivity index (χ0) is 21.0. The van der Waals surface area contributed by atoms with Gasteiger partial charge in [-0.1, -0.05) is 29.8 Å². The number of H-pyrrole nitrogens is 1. The van der Waals surface area contributed by atoms with Gasteiger partial charge in [0.2, 0.25) is 0 Å². The summed E-state index contributed by atoms with van der Waals surface area (Å²) in [7, 11) is 0. The molecule has 0 spiro atoms. The van der Waals surface area contributed by atoms with Crippen molar-refractivity contribution in [3.05, 3.63) is 108 Å². The fraction of sp³-hybridized carbons (Fsp3) is 0. The van der Waals surface area contributed by atoms with E-state index in [1.54, 1.807) is 12.4 Å². The monoisotopic (exact) mass is 423 g/mol. The van der Waals surface area contributed by atoms with Gasteiger partial charge in [-0.2, -0.15) is 0 Å². The van der Waals surface area contributed by atoms with Crippen molar-refractivity contribution in [2.24, 2.45) is 0 Å². The number of nitrogens with one attached hydrogen (secondary N) is 1. The first-order valence-corrected chi connectivity index (χ1v) is 10.2. The minimum absolute atomic E-state index is 0.693. The zero-order valence-electron chi connectivity index (χ0n) is 16.5. The van der Waals surface area contributed by atoms with Crippen LogP contribution in [0.2, 0.25) is 5.02 Å². The smallest absolute Gasteiger partial charge is 0.138 e. The van der Waals surface area contributed by atoms with Gasteiger partial charge in [0.1, 0.15) is 17.3 Å². The highest BCUT2D eigenvalue weighted by atomic mass is 35.5. The molecule has 0 fully saturated rings. The van der Waals surface area contributed by atoms with Gasteiger partial charge < -0.3 is 9.72 Å². The van der Waals surface area contributed by atoms with Crippen LogP contribution in [0.5, 0.6) is 11.5 Å². The molecule has 0 aliphatic heterocycles. The minimum atomic E-state index is 0.693. The average Bonchev–Trinajstić information content (AvgIpc) is 3.27. The number of halogens is 1. The zero-order valence-corrected chi connectivity index (χ0v) is 17.3. The van der Waals surface area contributed by atoms with Crippen molar-refractivity contribution >= 4 is 11.6 Å². The molecule has 0 aliphatic rings. The maximum Gasteiger partial charge on any atom is 0.138 e. The molecule has 2 aromatic heterocycles. The van der Waals surface area contributed by atoms with Crippen molar-refractivity contribution in [2.45, 2.75) is 0 Å². The summed E-state index contributed by atoms with van der Waals surface area (Å²) in [5.74, 6) is 2.36. The third-order valence-electron chi connectivity index (χ3n) is 4.90. The van der Waals surface area contributed by atoms with Gasteiger partial charge in [0.25, 0.3) is 0 Å². The lowest BCUT2D eigenvalue weighted by molar-refractivity contribution is 0.483.